The highest BCUT2D eigenvalue weighted by Gasteiger charge is 2.09. The highest BCUT2D eigenvalue weighted by molar-refractivity contribution is 5.88. The minimum Gasteiger partial charge on any atom is -0.478 e. The lowest BCUT2D eigenvalue weighted by atomic mass is 9.96. The van der Waals surface area contributed by atoms with E-state index in [1.54, 1.807) is 12.1 Å². The van der Waals surface area contributed by atoms with Gasteiger partial charge in [0.1, 0.15) is 0 Å². The third-order valence-electron chi connectivity index (χ3n) is 4.59. The van der Waals surface area contributed by atoms with Crippen LogP contribution in [0.5, 0.6) is 0 Å². The molecular formula is C21H22O2. The average Bonchev–Trinajstić information content (AvgIpc) is 2.79. The molecule has 0 saturated carbocycles. The van der Waals surface area contributed by atoms with Gasteiger partial charge < -0.3 is 5.11 Å². The summed E-state index contributed by atoms with van der Waals surface area (Å²) in [6.07, 6.45) is 8.42. The van der Waals surface area contributed by atoms with Crippen LogP contribution in [0.1, 0.15) is 58.8 Å². The smallest absolute Gasteiger partial charge is 0.335 e. The van der Waals surface area contributed by atoms with Crippen LogP contribution in [0.3, 0.4) is 0 Å². The minimum absolute atomic E-state index is 0.324. The third-order valence-corrected chi connectivity index (χ3v) is 4.59. The summed E-state index contributed by atoms with van der Waals surface area (Å²) >= 11 is 0. The van der Waals surface area contributed by atoms with E-state index in [-0.39, 0.29) is 0 Å². The van der Waals surface area contributed by atoms with Crippen molar-refractivity contribution in [2.75, 3.05) is 0 Å². The fourth-order valence-corrected chi connectivity index (χ4v) is 3.21. The number of benzene rings is 2. The number of allylic oxidation sites excluding steroid dienone is 1. The van der Waals surface area contributed by atoms with Crippen molar-refractivity contribution in [3.63, 3.8) is 0 Å². The maximum absolute atomic E-state index is 10.9. The number of carboxylic acids is 1. The molecule has 1 aliphatic rings. The molecule has 0 saturated heterocycles. The number of carbonyl (C=O) groups is 1. The van der Waals surface area contributed by atoms with Crippen molar-refractivity contribution in [3.8, 4) is 0 Å². The molecule has 0 heterocycles. The van der Waals surface area contributed by atoms with Crippen LogP contribution in [0.2, 0.25) is 0 Å². The Bertz CT molecular complexity index is 739. The Morgan fingerprint density at radius 3 is 2.26 bits per heavy atom. The number of carboxylic acid groups (broad SMARTS) is 1. The molecule has 1 aliphatic carbocycles. The number of hydrogen-bond acceptors (Lipinski definition) is 1. The summed E-state index contributed by atoms with van der Waals surface area (Å²) in [5, 5.41) is 8.96. The van der Waals surface area contributed by atoms with E-state index >= 15 is 0 Å². The molecule has 0 fully saturated rings. The largest absolute Gasteiger partial charge is 0.478 e. The molecular weight excluding hydrogens is 284 g/mol. The zero-order valence-electron chi connectivity index (χ0n) is 13.5. The van der Waals surface area contributed by atoms with Crippen LogP contribution in [0.25, 0.3) is 11.6 Å². The van der Waals surface area contributed by atoms with Gasteiger partial charge in [0.2, 0.25) is 0 Å². The van der Waals surface area contributed by atoms with Gasteiger partial charge in [0.25, 0.3) is 0 Å². The highest BCUT2D eigenvalue weighted by atomic mass is 16.4. The number of rotatable bonds is 3. The molecule has 2 aromatic carbocycles. The molecule has 0 unspecified atom stereocenters. The second kappa shape index (κ2) is 6.82. The summed E-state index contributed by atoms with van der Waals surface area (Å²) in [6, 6.07) is 13.8. The Labute approximate surface area is 137 Å². The SMILES string of the molecule is CC(=Cc1ccc(C(=O)O)cc1)c1ccc2c(c1)CCCCC2. The van der Waals surface area contributed by atoms with Crippen molar-refractivity contribution in [2.45, 2.75) is 39.0 Å². The van der Waals surface area contributed by atoms with Crippen LogP contribution in [0.4, 0.5) is 0 Å². The van der Waals surface area contributed by atoms with Crippen LogP contribution in [-0.2, 0) is 12.8 Å². The second-order valence-corrected chi connectivity index (χ2v) is 6.30. The summed E-state index contributed by atoms with van der Waals surface area (Å²) in [6.45, 7) is 2.11. The van der Waals surface area contributed by atoms with Crippen molar-refractivity contribution in [2.24, 2.45) is 0 Å². The Balaban J connectivity index is 1.85. The summed E-state index contributed by atoms with van der Waals surface area (Å²) in [4.78, 5) is 10.9. The van der Waals surface area contributed by atoms with Crippen molar-refractivity contribution in [3.05, 3.63) is 70.3 Å². The summed E-state index contributed by atoms with van der Waals surface area (Å²) in [5.74, 6) is -0.886. The fraction of sp³-hybridized carbons (Fsp3) is 0.286. The molecule has 0 spiro atoms. The number of fused-ring (bicyclic) bond motifs is 1. The van der Waals surface area contributed by atoms with E-state index in [4.69, 9.17) is 5.11 Å². The molecule has 0 amide bonds. The van der Waals surface area contributed by atoms with E-state index in [1.165, 1.54) is 54.4 Å². The lowest BCUT2D eigenvalue weighted by molar-refractivity contribution is 0.0697. The van der Waals surface area contributed by atoms with Gasteiger partial charge in [0.15, 0.2) is 0 Å². The van der Waals surface area contributed by atoms with Gasteiger partial charge >= 0.3 is 5.97 Å². The van der Waals surface area contributed by atoms with Gasteiger partial charge in [-0.25, -0.2) is 4.79 Å². The molecule has 0 atom stereocenters. The maximum Gasteiger partial charge on any atom is 0.335 e. The lowest BCUT2D eigenvalue weighted by Crippen LogP contribution is -1.95. The molecule has 1 N–H and O–H groups in total. The predicted molar refractivity (Wildman–Crippen MR) is 94.6 cm³/mol. The molecule has 0 radical (unpaired) electrons. The van der Waals surface area contributed by atoms with E-state index in [2.05, 4.69) is 31.2 Å². The zero-order valence-corrected chi connectivity index (χ0v) is 13.5. The number of hydrogen-bond donors (Lipinski definition) is 1. The molecule has 2 aromatic rings. The van der Waals surface area contributed by atoms with Gasteiger partial charge in [-0.2, -0.15) is 0 Å². The van der Waals surface area contributed by atoms with Gasteiger partial charge in [-0.1, -0.05) is 42.8 Å². The van der Waals surface area contributed by atoms with Gasteiger partial charge in [-0.05, 0) is 72.6 Å². The van der Waals surface area contributed by atoms with Gasteiger partial charge in [-0.3, -0.25) is 0 Å². The first-order valence-electron chi connectivity index (χ1n) is 8.27. The van der Waals surface area contributed by atoms with Gasteiger partial charge in [0.05, 0.1) is 5.56 Å². The van der Waals surface area contributed by atoms with Crippen molar-refractivity contribution in [1.29, 1.82) is 0 Å². The number of aryl methyl sites for hydroxylation is 2. The average molecular weight is 306 g/mol. The first kappa shape index (κ1) is 15.5. The second-order valence-electron chi connectivity index (χ2n) is 6.30. The number of aromatic carboxylic acids is 1. The monoisotopic (exact) mass is 306 g/mol. The van der Waals surface area contributed by atoms with Crippen LogP contribution >= 0.6 is 0 Å². The van der Waals surface area contributed by atoms with Crippen LogP contribution in [0.15, 0.2) is 42.5 Å². The Hall–Kier alpha value is -2.35. The highest BCUT2D eigenvalue weighted by Crippen LogP contribution is 2.25. The molecule has 23 heavy (non-hydrogen) atoms. The van der Waals surface area contributed by atoms with Crippen molar-refractivity contribution in [1.82, 2.24) is 0 Å². The molecule has 0 aromatic heterocycles. The molecule has 3 rings (SSSR count). The zero-order chi connectivity index (χ0) is 16.2. The lowest BCUT2D eigenvalue weighted by Gasteiger charge is -2.09. The van der Waals surface area contributed by atoms with Crippen molar-refractivity contribution < 1.29 is 9.90 Å². The Morgan fingerprint density at radius 1 is 0.913 bits per heavy atom. The first-order valence-corrected chi connectivity index (χ1v) is 8.27. The maximum atomic E-state index is 10.9. The molecule has 0 aliphatic heterocycles. The van der Waals surface area contributed by atoms with Crippen LogP contribution in [0, 0.1) is 0 Å². The standard InChI is InChI=1S/C21H22O2/c1-15(13-16-7-9-18(10-8-16)21(22)23)19-12-11-17-5-3-2-4-6-20(17)14-19/h7-14H,2-6H2,1H3,(H,22,23). The molecule has 2 heteroatoms. The summed E-state index contributed by atoms with van der Waals surface area (Å²) in [5.41, 5.74) is 6.82. The minimum atomic E-state index is -0.886. The Kier molecular flexibility index (Phi) is 4.61. The van der Waals surface area contributed by atoms with E-state index < -0.39 is 5.97 Å². The topological polar surface area (TPSA) is 37.3 Å². The van der Waals surface area contributed by atoms with E-state index in [1.807, 2.05) is 12.1 Å². The van der Waals surface area contributed by atoms with Crippen molar-refractivity contribution >= 4 is 17.6 Å². The normalized spacial score (nSPS) is 14.9. The molecule has 2 nitrogen and oxygen atoms in total. The van der Waals surface area contributed by atoms with E-state index in [0.717, 1.165) is 5.56 Å². The predicted octanol–water partition coefficient (Wildman–Crippen LogP) is 5.21. The van der Waals surface area contributed by atoms with Gasteiger partial charge in [0, 0.05) is 0 Å². The molecule has 0 bridgehead atoms. The van der Waals surface area contributed by atoms with E-state index in [0.29, 0.717) is 5.56 Å². The summed E-state index contributed by atoms with van der Waals surface area (Å²) in [7, 11) is 0. The fourth-order valence-electron chi connectivity index (χ4n) is 3.21. The molecule has 118 valence electrons. The third kappa shape index (κ3) is 3.70. The van der Waals surface area contributed by atoms with Crippen LogP contribution in [-0.4, -0.2) is 11.1 Å². The Morgan fingerprint density at radius 2 is 1.57 bits per heavy atom. The first-order chi connectivity index (χ1) is 11.1. The summed E-state index contributed by atoms with van der Waals surface area (Å²) < 4.78 is 0. The van der Waals surface area contributed by atoms with E-state index in [9.17, 15) is 4.79 Å². The quantitative estimate of drug-likeness (QED) is 0.624. The van der Waals surface area contributed by atoms with Gasteiger partial charge in [-0.15, -0.1) is 0 Å². The van der Waals surface area contributed by atoms with Crippen LogP contribution < -0.4 is 0 Å².